The zero-order valence-electron chi connectivity index (χ0n) is 11.4. The lowest BCUT2D eigenvalue weighted by Crippen LogP contribution is -2.18. The zero-order valence-corrected chi connectivity index (χ0v) is 11.4. The first-order valence-corrected chi connectivity index (χ1v) is 6.67. The molecule has 0 fully saturated rings. The molecule has 2 aromatic rings. The molecule has 0 unspecified atom stereocenters. The van der Waals surface area contributed by atoms with Gasteiger partial charge in [-0.1, -0.05) is 44.2 Å². The minimum absolute atomic E-state index is 0.0997. The fraction of sp³-hybridized carbons (Fsp3) is 0.294. The predicted molar refractivity (Wildman–Crippen MR) is 78.3 cm³/mol. The average molecular weight is 253 g/mol. The second-order valence-corrected chi connectivity index (χ2v) is 5.78. The molecule has 2 N–H and O–H groups in total. The van der Waals surface area contributed by atoms with Gasteiger partial charge in [0.25, 0.3) is 0 Å². The van der Waals surface area contributed by atoms with Crippen LogP contribution in [-0.4, -0.2) is 6.61 Å². The van der Waals surface area contributed by atoms with Gasteiger partial charge in [-0.15, -0.1) is 0 Å². The highest BCUT2D eigenvalue weighted by Gasteiger charge is 2.31. The first-order valence-electron chi connectivity index (χ1n) is 6.67. The third-order valence-corrected chi connectivity index (χ3v) is 3.82. The van der Waals surface area contributed by atoms with E-state index in [4.69, 9.17) is 10.5 Å². The summed E-state index contributed by atoms with van der Waals surface area (Å²) >= 11 is 0. The lowest BCUT2D eigenvalue weighted by atomic mass is 9.85. The van der Waals surface area contributed by atoms with Gasteiger partial charge in [0.1, 0.15) is 5.75 Å². The summed E-state index contributed by atoms with van der Waals surface area (Å²) in [5, 5.41) is 0. The van der Waals surface area contributed by atoms with Crippen LogP contribution in [0.15, 0.2) is 42.5 Å². The van der Waals surface area contributed by atoms with Gasteiger partial charge in [0, 0.05) is 17.5 Å². The Balaban J connectivity index is 2.02. The van der Waals surface area contributed by atoms with E-state index < -0.39 is 0 Å². The van der Waals surface area contributed by atoms with Crippen molar-refractivity contribution in [3.63, 3.8) is 0 Å². The lowest BCUT2D eigenvalue weighted by Gasteiger charge is -2.16. The summed E-state index contributed by atoms with van der Waals surface area (Å²) < 4.78 is 5.72. The number of hydrogen-bond donors (Lipinski definition) is 1. The quantitative estimate of drug-likeness (QED) is 0.889. The van der Waals surface area contributed by atoms with Gasteiger partial charge in [-0.25, -0.2) is 0 Å². The van der Waals surface area contributed by atoms with E-state index in [2.05, 4.69) is 56.3 Å². The summed E-state index contributed by atoms with van der Waals surface area (Å²) in [6.45, 7) is 5.80. The van der Waals surface area contributed by atoms with Crippen LogP contribution in [0.25, 0.3) is 11.1 Å². The molecule has 2 nitrogen and oxygen atoms in total. The van der Waals surface area contributed by atoms with Gasteiger partial charge in [0.2, 0.25) is 0 Å². The second kappa shape index (κ2) is 4.39. The van der Waals surface area contributed by atoms with Gasteiger partial charge in [-0.2, -0.15) is 0 Å². The van der Waals surface area contributed by atoms with E-state index in [0.29, 0.717) is 6.54 Å². The van der Waals surface area contributed by atoms with E-state index in [-0.39, 0.29) is 5.41 Å². The third kappa shape index (κ3) is 2.13. The molecule has 19 heavy (non-hydrogen) atoms. The van der Waals surface area contributed by atoms with E-state index in [9.17, 15) is 0 Å². The Hall–Kier alpha value is -1.80. The number of hydrogen-bond acceptors (Lipinski definition) is 2. The zero-order chi connectivity index (χ0) is 13.5. The van der Waals surface area contributed by atoms with Crippen LogP contribution in [0.5, 0.6) is 5.75 Å². The number of fused-ring (bicyclic) bond motifs is 1. The summed E-state index contributed by atoms with van der Waals surface area (Å²) in [6, 6.07) is 14.9. The van der Waals surface area contributed by atoms with Crippen LogP contribution < -0.4 is 10.5 Å². The van der Waals surface area contributed by atoms with E-state index in [0.717, 1.165) is 17.9 Å². The van der Waals surface area contributed by atoms with Crippen molar-refractivity contribution < 1.29 is 4.74 Å². The maximum atomic E-state index is 5.72. The van der Waals surface area contributed by atoms with Gasteiger partial charge in [-0.3, -0.25) is 0 Å². The lowest BCUT2D eigenvalue weighted by molar-refractivity contribution is 0.291. The molecule has 0 saturated heterocycles. The molecule has 0 amide bonds. The Labute approximate surface area is 114 Å². The summed E-state index contributed by atoms with van der Waals surface area (Å²) in [5.41, 5.74) is 10.7. The number of benzene rings is 2. The van der Waals surface area contributed by atoms with E-state index >= 15 is 0 Å². The van der Waals surface area contributed by atoms with Crippen LogP contribution in [-0.2, 0) is 12.0 Å². The Morgan fingerprint density at radius 3 is 2.42 bits per heavy atom. The molecule has 2 aromatic carbocycles. The Morgan fingerprint density at radius 1 is 1.05 bits per heavy atom. The van der Waals surface area contributed by atoms with Crippen molar-refractivity contribution in [3.8, 4) is 16.9 Å². The monoisotopic (exact) mass is 253 g/mol. The first-order chi connectivity index (χ1) is 9.10. The third-order valence-electron chi connectivity index (χ3n) is 3.82. The van der Waals surface area contributed by atoms with Gasteiger partial charge < -0.3 is 10.5 Å². The standard InChI is InChI=1S/C17H19NO/c1-17(2)11-19-16-8-7-14(9-15(16)17)13-5-3-12(10-18)4-6-13/h3-9H,10-11,18H2,1-2H3. The summed E-state index contributed by atoms with van der Waals surface area (Å²) in [5.74, 6) is 1.02. The van der Waals surface area contributed by atoms with Crippen molar-refractivity contribution in [1.82, 2.24) is 0 Å². The molecule has 0 bridgehead atoms. The molecule has 1 aliphatic rings. The van der Waals surface area contributed by atoms with Gasteiger partial charge in [0.05, 0.1) is 6.61 Å². The maximum absolute atomic E-state index is 5.72. The van der Waals surface area contributed by atoms with Crippen LogP contribution in [0, 0.1) is 0 Å². The average Bonchev–Trinajstić information content (AvgIpc) is 2.74. The van der Waals surface area contributed by atoms with E-state index in [1.54, 1.807) is 0 Å². The summed E-state index contributed by atoms with van der Waals surface area (Å²) in [7, 11) is 0. The molecule has 3 rings (SSSR count). The van der Waals surface area contributed by atoms with E-state index in [1.165, 1.54) is 16.7 Å². The van der Waals surface area contributed by atoms with Crippen LogP contribution >= 0.6 is 0 Å². The SMILES string of the molecule is CC1(C)COc2ccc(-c3ccc(CN)cc3)cc21. The molecule has 0 aliphatic carbocycles. The molecule has 0 radical (unpaired) electrons. The molecule has 0 atom stereocenters. The molecular formula is C17H19NO. The Bertz CT molecular complexity index is 599. The molecule has 0 aromatic heterocycles. The van der Waals surface area contributed by atoms with Crippen LogP contribution in [0.2, 0.25) is 0 Å². The van der Waals surface area contributed by atoms with Crippen LogP contribution in [0.3, 0.4) is 0 Å². The Kier molecular flexibility index (Phi) is 2.83. The van der Waals surface area contributed by atoms with Crippen molar-refractivity contribution in [3.05, 3.63) is 53.6 Å². The summed E-state index contributed by atoms with van der Waals surface area (Å²) in [4.78, 5) is 0. The van der Waals surface area contributed by atoms with Crippen LogP contribution in [0.1, 0.15) is 25.0 Å². The topological polar surface area (TPSA) is 35.2 Å². The van der Waals surface area contributed by atoms with Gasteiger partial charge >= 0.3 is 0 Å². The number of rotatable bonds is 2. The molecule has 0 saturated carbocycles. The maximum Gasteiger partial charge on any atom is 0.123 e. The minimum atomic E-state index is 0.0997. The predicted octanol–water partition coefficient (Wildman–Crippen LogP) is 3.48. The van der Waals surface area contributed by atoms with Crippen molar-refractivity contribution in [2.75, 3.05) is 6.61 Å². The fourth-order valence-corrected chi connectivity index (χ4v) is 2.53. The van der Waals surface area contributed by atoms with Gasteiger partial charge in [0.15, 0.2) is 0 Å². The van der Waals surface area contributed by atoms with E-state index in [1.807, 2.05) is 0 Å². The molecule has 98 valence electrons. The molecule has 1 aliphatic heterocycles. The largest absolute Gasteiger partial charge is 0.492 e. The minimum Gasteiger partial charge on any atom is -0.492 e. The van der Waals surface area contributed by atoms with Crippen molar-refractivity contribution in [2.24, 2.45) is 5.73 Å². The summed E-state index contributed by atoms with van der Waals surface area (Å²) in [6.07, 6.45) is 0. The second-order valence-electron chi connectivity index (χ2n) is 5.78. The normalized spacial score (nSPS) is 15.9. The fourth-order valence-electron chi connectivity index (χ4n) is 2.53. The molecule has 0 spiro atoms. The van der Waals surface area contributed by atoms with Crippen molar-refractivity contribution >= 4 is 0 Å². The first kappa shape index (κ1) is 12.2. The van der Waals surface area contributed by atoms with Crippen molar-refractivity contribution in [1.29, 1.82) is 0 Å². The smallest absolute Gasteiger partial charge is 0.123 e. The van der Waals surface area contributed by atoms with Crippen LogP contribution in [0.4, 0.5) is 0 Å². The Morgan fingerprint density at radius 2 is 1.74 bits per heavy atom. The molecule has 2 heteroatoms. The van der Waals surface area contributed by atoms with Crippen molar-refractivity contribution in [2.45, 2.75) is 25.8 Å². The number of ether oxygens (including phenoxy) is 1. The highest BCUT2D eigenvalue weighted by molar-refractivity contribution is 5.67. The number of nitrogens with two attached hydrogens (primary N) is 1. The molecular weight excluding hydrogens is 234 g/mol. The van der Waals surface area contributed by atoms with Gasteiger partial charge in [-0.05, 0) is 28.8 Å². The highest BCUT2D eigenvalue weighted by atomic mass is 16.5. The highest BCUT2D eigenvalue weighted by Crippen LogP contribution is 2.40. The molecule has 1 heterocycles.